The quantitative estimate of drug-likeness (QED) is 0.665. The van der Waals surface area contributed by atoms with E-state index < -0.39 is 6.10 Å². The van der Waals surface area contributed by atoms with E-state index >= 15 is 0 Å². The molecule has 26 heavy (non-hydrogen) atoms. The van der Waals surface area contributed by atoms with E-state index in [0.29, 0.717) is 17.3 Å². The number of rotatable bonds is 7. The highest BCUT2D eigenvalue weighted by atomic mass is 32.1. The summed E-state index contributed by atoms with van der Waals surface area (Å²) in [5.74, 6) is 0.467. The van der Waals surface area contributed by atoms with Crippen LogP contribution in [0.15, 0.2) is 54.6 Å². The fraction of sp³-hybridized carbons (Fsp3) is 0.250. The summed E-state index contributed by atoms with van der Waals surface area (Å²) in [6.07, 6.45) is 0.955. The van der Waals surface area contributed by atoms with Gasteiger partial charge in [-0.3, -0.25) is 10.1 Å². The van der Waals surface area contributed by atoms with Gasteiger partial charge in [0.05, 0.1) is 0 Å². The van der Waals surface area contributed by atoms with E-state index in [-0.39, 0.29) is 5.91 Å². The zero-order valence-corrected chi connectivity index (χ0v) is 15.6. The molecule has 0 saturated heterocycles. The van der Waals surface area contributed by atoms with Gasteiger partial charge in [0.25, 0.3) is 5.91 Å². The van der Waals surface area contributed by atoms with E-state index in [1.54, 1.807) is 0 Å². The van der Waals surface area contributed by atoms with Gasteiger partial charge >= 0.3 is 0 Å². The zero-order valence-electron chi connectivity index (χ0n) is 14.8. The maximum absolute atomic E-state index is 12.5. The highest BCUT2D eigenvalue weighted by Gasteiger charge is 2.20. The van der Waals surface area contributed by atoms with Gasteiger partial charge in [-0.25, -0.2) is 0 Å². The van der Waals surface area contributed by atoms with E-state index in [1.165, 1.54) is 16.9 Å². The number of ether oxygens (including phenoxy) is 1. The first-order chi connectivity index (χ1) is 12.7. The van der Waals surface area contributed by atoms with Crippen molar-refractivity contribution in [2.45, 2.75) is 32.8 Å². The number of hydrogen-bond donors (Lipinski definition) is 1. The highest BCUT2D eigenvalue weighted by Crippen LogP contribution is 2.26. The van der Waals surface area contributed by atoms with Crippen LogP contribution >= 0.6 is 11.3 Å². The van der Waals surface area contributed by atoms with E-state index in [2.05, 4.69) is 22.4 Å². The van der Waals surface area contributed by atoms with Gasteiger partial charge < -0.3 is 4.74 Å². The second kappa shape index (κ2) is 8.58. The Morgan fingerprint density at radius 1 is 1.08 bits per heavy atom. The molecule has 134 valence electrons. The van der Waals surface area contributed by atoms with Gasteiger partial charge in [0.15, 0.2) is 6.10 Å². The third kappa shape index (κ3) is 4.46. The van der Waals surface area contributed by atoms with E-state index in [4.69, 9.17) is 4.74 Å². The lowest BCUT2D eigenvalue weighted by molar-refractivity contribution is -0.122. The fourth-order valence-corrected chi connectivity index (χ4v) is 3.20. The lowest BCUT2D eigenvalue weighted by Gasteiger charge is -2.16. The molecule has 3 rings (SSSR count). The number of hydrogen-bond acceptors (Lipinski definition) is 5. The maximum Gasteiger partial charge on any atom is 0.267 e. The number of aromatic nitrogens is 2. The molecule has 0 aliphatic heterocycles. The van der Waals surface area contributed by atoms with Crippen LogP contribution < -0.4 is 10.1 Å². The summed E-state index contributed by atoms with van der Waals surface area (Å²) in [6, 6.07) is 17.6. The molecule has 1 N–H and O–H groups in total. The van der Waals surface area contributed by atoms with Crippen LogP contribution in [0.4, 0.5) is 5.13 Å². The molecule has 0 radical (unpaired) electrons. The molecule has 0 saturated carbocycles. The first kappa shape index (κ1) is 18.1. The molecule has 1 atom stereocenters. The predicted octanol–water partition coefficient (Wildman–Crippen LogP) is 4.56. The summed E-state index contributed by atoms with van der Waals surface area (Å²) < 4.78 is 5.83. The maximum atomic E-state index is 12.5. The molecule has 0 bridgehead atoms. The third-order valence-electron chi connectivity index (χ3n) is 3.95. The van der Waals surface area contributed by atoms with E-state index in [0.717, 1.165) is 17.0 Å². The van der Waals surface area contributed by atoms with Gasteiger partial charge in [-0.15, -0.1) is 10.2 Å². The van der Waals surface area contributed by atoms with Crippen LogP contribution in [0.25, 0.3) is 10.6 Å². The predicted molar refractivity (Wildman–Crippen MR) is 105 cm³/mol. The smallest absolute Gasteiger partial charge is 0.267 e. The van der Waals surface area contributed by atoms with Crippen LogP contribution in [0.2, 0.25) is 0 Å². The van der Waals surface area contributed by atoms with Crippen LogP contribution in [0.3, 0.4) is 0 Å². The fourth-order valence-electron chi connectivity index (χ4n) is 2.45. The Bertz CT molecular complexity index is 847. The van der Waals surface area contributed by atoms with Crippen molar-refractivity contribution >= 4 is 22.4 Å². The van der Waals surface area contributed by atoms with Gasteiger partial charge in [0.1, 0.15) is 10.8 Å². The Balaban J connectivity index is 1.64. The van der Waals surface area contributed by atoms with Crippen molar-refractivity contribution in [3.63, 3.8) is 0 Å². The van der Waals surface area contributed by atoms with Crippen LogP contribution in [0, 0.1) is 0 Å². The Kier molecular flexibility index (Phi) is 5.96. The lowest BCUT2D eigenvalue weighted by Crippen LogP contribution is -2.32. The van der Waals surface area contributed by atoms with Crippen LogP contribution in [0.5, 0.6) is 5.75 Å². The molecule has 0 aliphatic rings. The standard InChI is InChI=1S/C20H21N3O2S/c1-3-14-10-12-16(13-11-14)25-17(4-2)18(24)21-20-23-22-19(26-20)15-8-6-5-7-9-15/h5-13,17H,3-4H2,1-2H3,(H,21,23,24)/t17-/m0/s1. The normalized spacial score (nSPS) is 11.8. The number of carbonyl (C=O) groups excluding carboxylic acids is 1. The van der Waals surface area contributed by atoms with Crippen LogP contribution in [-0.4, -0.2) is 22.2 Å². The minimum absolute atomic E-state index is 0.220. The lowest BCUT2D eigenvalue weighted by atomic mass is 10.2. The summed E-state index contributed by atoms with van der Waals surface area (Å²) in [7, 11) is 0. The number of nitrogens with zero attached hydrogens (tertiary/aromatic N) is 2. The summed E-state index contributed by atoms with van der Waals surface area (Å²) in [4.78, 5) is 12.5. The van der Waals surface area contributed by atoms with Crippen molar-refractivity contribution in [1.82, 2.24) is 10.2 Å². The molecule has 6 heteroatoms. The molecule has 1 heterocycles. The van der Waals surface area contributed by atoms with Crippen molar-refractivity contribution < 1.29 is 9.53 Å². The number of anilines is 1. The minimum Gasteiger partial charge on any atom is -0.481 e. The van der Waals surface area contributed by atoms with Gasteiger partial charge in [0, 0.05) is 5.56 Å². The molecular formula is C20H21N3O2S. The molecule has 0 aliphatic carbocycles. The van der Waals surface area contributed by atoms with E-state index in [9.17, 15) is 4.79 Å². The topological polar surface area (TPSA) is 64.1 Å². The van der Waals surface area contributed by atoms with Gasteiger partial charge in [-0.1, -0.05) is 67.6 Å². The molecule has 0 unspecified atom stereocenters. The van der Waals surface area contributed by atoms with Crippen LogP contribution in [-0.2, 0) is 11.2 Å². The summed E-state index contributed by atoms with van der Waals surface area (Å²) >= 11 is 1.34. The molecular weight excluding hydrogens is 346 g/mol. The minimum atomic E-state index is -0.577. The van der Waals surface area contributed by atoms with E-state index in [1.807, 2.05) is 61.5 Å². The molecule has 5 nitrogen and oxygen atoms in total. The van der Waals surface area contributed by atoms with Crippen molar-refractivity contribution in [2.75, 3.05) is 5.32 Å². The van der Waals surface area contributed by atoms with Gasteiger partial charge in [-0.05, 0) is 30.5 Å². The van der Waals surface area contributed by atoms with Gasteiger partial charge in [0.2, 0.25) is 5.13 Å². The average Bonchev–Trinajstić information content (AvgIpc) is 3.15. The average molecular weight is 367 g/mol. The molecule has 2 aromatic carbocycles. The second-order valence-corrected chi connectivity index (χ2v) is 6.76. The Hall–Kier alpha value is -2.73. The van der Waals surface area contributed by atoms with Crippen molar-refractivity contribution in [1.29, 1.82) is 0 Å². The summed E-state index contributed by atoms with van der Waals surface area (Å²) in [5, 5.41) is 12.2. The number of benzene rings is 2. The SMILES string of the molecule is CCc1ccc(O[C@@H](CC)C(=O)Nc2nnc(-c3ccccc3)s2)cc1. The zero-order chi connectivity index (χ0) is 18.4. The number of nitrogens with one attached hydrogen (secondary N) is 1. The molecule has 1 amide bonds. The first-order valence-electron chi connectivity index (χ1n) is 8.65. The van der Waals surface area contributed by atoms with Crippen molar-refractivity contribution in [3.05, 3.63) is 60.2 Å². The molecule has 0 fully saturated rings. The number of carbonyl (C=O) groups is 1. The highest BCUT2D eigenvalue weighted by molar-refractivity contribution is 7.18. The molecule has 0 spiro atoms. The molecule has 3 aromatic rings. The summed E-state index contributed by atoms with van der Waals surface area (Å²) in [6.45, 7) is 4.02. The first-order valence-corrected chi connectivity index (χ1v) is 9.46. The second-order valence-electron chi connectivity index (χ2n) is 5.78. The van der Waals surface area contributed by atoms with Crippen LogP contribution in [0.1, 0.15) is 25.8 Å². The Morgan fingerprint density at radius 2 is 1.81 bits per heavy atom. The Morgan fingerprint density at radius 3 is 2.46 bits per heavy atom. The Labute approximate surface area is 157 Å². The van der Waals surface area contributed by atoms with Crippen molar-refractivity contribution in [2.24, 2.45) is 0 Å². The largest absolute Gasteiger partial charge is 0.481 e. The number of amides is 1. The monoisotopic (exact) mass is 367 g/mol. The summed E-state index contributed by atoms with van der Waals surface area (Å²) in [5.41, 5.74) is 2.21. The van der Waals surface area contributed by atoms with Gasteiger partial charge in [-0.2, -0.15) is 0 Å². The molecule has 1 aromatic heterocycles. The third-order valence-corrected chi connectivity index (χ3v) is 4.84. The number of aryl methyl sites for hydroxylation is 1. The van der Waals surface area contributed by atoms with Crippen molar-refractivity contribution in [3.8, 4) is 16.3 Å².